The first-order valence-electron chi connectivity index (χ1n) is 5.76. The number of rotatable bonds is 6. The van der Waals surface area contributed by atoms with E-state index in [1.165, 1.54) is 0 Å². The summed E-state index contributed by atoms with van der Waals surface area (Å²) in [6, 6.07) is 0. The fourth-order valence-electron chi connectivity index (χ4n) is 1.70. The highest BCUT2D eigenvalue weighted by Gasteiger charge is 2.08. The normalized spacial score (nSPS) is 10.9. The first kappa shape index (κ1) is 12.7. The Morgan fingerprint density at radius 3 is 2.31 bits per heavy atom. The average Bonchev–Trinajstić information content (AvgIpc) is 2.23. The van der Waals surface area contributed by atoms with E-state index in [9.17, 15) is 0 Å². The Morgan fingerprint density at radius 2 is 1.81 bits per heavy atom. The summed E-state index contributed by atoms with van der Waals surface area (Å²) in [5.74, 6) is 0.725. The molecular formula is C11H21N5. The minimum Gasteiger partial charge on any atom is -0.383 e. The van der Waals surface area contributed by atoms with Gasteiger partial charge in [0.15, 0.2) is 0 Å². The lowest BCUT2D eigenvalue weighted by Crippen LogP contribution is -2.25. The van der Waals surface area contributed by atoms with Crippen molar-refractivity contribution in [1.82, 2.24) is 14.9 Å². The molecule has 0 aromatic carbocycles. The van der Waals surface area contributed by atoms with Gasteiger partial charge in [-0.2, -0.15) is 4.98 Å². The quantitative estimate of drug-likeness (QED) is 0.759. The van der Waals surface area contributed by atoms with Gasteiger partial charge in [-0.05, 0) is 25.9 Å². The molecule has 1 heterocycles. The molecule has 4 N–H and O–H groups in total. The zero-order chi connectivity index (χ0) is 12.0. The number of anilines is 2. The molecule has 5 heteroatoms. The summed E-state index contributed by atoms with van der Waals surface area (Å²) < 4.78 is 0. The van der Waals surface area contributed by atoms with Crippen molar-refractivity contribution in [2.75, 3.05) is 24.6 Å². The van der Waals surface area contributed by atoms with Crippen LogP contribution in [0.5, 0.6) is 0 Å². The minimum atomic E-state index is 0.235. The lowest BCUT2D eigenvalue weighted by molar-refractivity contribution is 0.266. The van der Waals surface area contributed by atoms with Crippen LogP contribution in [0, 0.1) is 0 Å². The topological polar surface area (TPSA) is 81.1 Å². The van der Waals surface area contributed by atoms with Gasteiger partial charge in [0.1, 0.15) is 5.82 Å². The van der Waals surface area contributed by atoms with Gasteiger partial charge in [-0.15, -0.1) is 0 Å². The van der Waals surface area contributed by atoms with Crippen molar-refractivity contribution < 1.29 is 0 Å². The summed E-state index contributed by atoms with van der Waals surface area (Å²) >= 11 is 0. The SMILES string of the molecule is CCCN(CCC)Cc1cnc(N)nc1N. The molecule has 0 spiro atoms. The fraction of sp³-hybridized carbons (Fsp3) is 0.636. The zero-order valence-electron chi connectivity index (χ0n) is 10.1. The second kappa shape index (κ2) is 6.27. The molecule has 0 bridgehead atoms. The molecule has 0 atom stereocenters. The molecule has 0 saturated heterocycles. The highest BCUT2D eigenvalue weighted by Crippen LogP contribution is 2.12. The first-order valence-corrected chi connectivity index (χ1v) is 5.76. The molecule has 5 nitrogen and oxygen atoms in total. The van der Waals surface area contributed by atoms with Crippen LogP contribution in [0.1, 0.15) is 32.3 Å². The monoisotopic (exact) mass is 223 g/mol. The van der Waals surface area contributed by atoms with Gasteiger partial charge in [-0.3, -0.25) is 4.90 Å². The maximum absolute atomic E-state index is 5.80. The van der Waals surface area contributed by atoms with Crippen LogP contribution in [0.2, 0.25) is 0 Å². The van der Waals surface area contributed by atoms with Crippen LogP contribution in [-0.4, -0.2) is 28.0 Å². The van der Waals surface area contributed by atoms with Crippen LogP contribution in [0.4, 0.5) is 11.8 Å². The van der Waals surface area contributed by atoms with Crippen molar-refractivity contribution in [1.29, 1.82) is 0 Å². The van der Waals surface area contributed by atoms with Crippen molar-refractivity contribution in [2.24, 2.45) is 0 Å². The number of nitrogens with two attached hydrogens (primary N) is 2. The van der Waals surface area contributed by atoms with E-state index in [1.807, 2.05) is 0 Å². The lowest BCUT2D eigenvalue weighted by atomic mass is 10.2. The summed E-state index contributed by atoms with van der Waals surface area (Å²) in [5, 5.41) is 0. The molecule has 1 rings (SSSR count). The number of aromatic nitrogens is 2. The Balaban J connectivity index is 2.68. The van der Waals surface area contributed by atoms with E-state index in [1.54, 1.807) is 6.20 Å². The van der Waals surface area contributed by atoms with Crippen LogP contribution in [0.25, 0.3) is 0 Å². The molecule has 0 fully saturated rings. The van der Waals surface area contributed by atoms with Crippen LogP contribution < -0.4 is 11.5 Å². The van der Waals surface area contributed by atoms with E-state index >= 15 is 0 Å². The third kappa shape index (κ3) is 3.66. The number of hydrogen-bond donors (Lipinski definition) is 2. The van der Waals surface area contributed by atoms with E-state index in [-0.39, 0.29) is 5.95 Å². The number of nitrogen functional groups attached to an aromatic ring is 2. The van der Waals surface area contributed by atoms with Crippen molar-refractivity contribution in [3.8, 4) is 0 Å². The molecule has 0 aliphatic carbocycles. The second-order valence-corrected chi connectivity index (χ2v) is 3.91. The first-order chi connectivity index (χ1) is 7.67. The van der Waals surface area contributed by atoms with Gasteiger partial charge >= 0.3 is 0 Å². The standard InChI is InChI=1S/C11H21N5/c1-3-5-16(6-4-2)8-9-7-14-11(13)15-10(9)12/h7H,3-6,8H2,1-2H3,(H4,12,13,14,15). The summed E-state index contributed by atoms with van der Waals surface area (Å²) in [6.07, 6.45) is 3.99. The van der Waals surface area contributed by atoms with Gasteiger partial charge in [-0.1, -0.05) is 13.8 Å². The van der Waals surface area contributed by atoms with Gasteiger partial charge in [0.05, 0.1) is 0 Å². The van der Waals surface area contributed by atoms with Crippen LogP contribution in [0.3, 0.4) is 0 Å². The third-order valence-corrected chi connectivity index (χ3v) is 2.39. The Kier molecular flexibility index (Phi) is 4.98. The zero-order valence-corrected chi connectivity index (χ0v) is 10.1. The molecule has 90 valence electrons. The van der Waals surface area contributed by atoms with Gasteiger partial charge in [-0.25, -0.2) is 4.98 Å². The second-order valence-electron chi connectivity index (χ2n) is 3.91. The molecule has 0 radical (unpaired) electrons. The van der Waals surface area contributed by atoms with Gasteiger partial charge in [0.25, 0.3) is 0 Å². The third-order valence-electron chi connectivity index (χ3n) is 2.39. The summed E-state index contributed by atoms with van der Waals surface area (Å²) in [5.41, 5.74) is 12.2. The number of hydrogen-bond acceptors (Lipinski definition) is 5. The molecule has 1 aromatic rings. The van der Waals surface area contributed by atoms with E-state index in [4.69, 9.17) is 11.5 Å². The molecule has 16 heavy (non-hydrogen) atoms. The highest BCUT2D eigenvalue weighted by atomic mass is 15.1. The van der Waals surface area contributed by atoms with E-state index in [0.717, 1.165) is 38.0 Å². The van der Waals surface area contributed by atoms with Crippen LogP contribution >= 0.6 is 0 Å². The van der Waals surface area contributed by atoms with Crippen LogP contribution in [0.15, 0.2) is 6.20 Å². The van der Waals surface area contributed by atoms with Crippen molar-refractivity contribution in [3.63, 3.8) is 0 Å². The predicted molar refractivity (Wildman–Crippen MR) is 66.7 cm³/mol. The Bertz CT molecular complexity index is 320. The predicted octanol–water partition coefficient (Wildman–Crippen LogP) is 1.26. The van der Waals surface area contributed by atoms with E-state index < -0.39 is 0 Å². The molecule has 0 saturated carbocycles. The van der Waals surface area contributed by atoms with Crippen molar-refractivity contribution >= 4 is 11.8 Å². The average molecular weight is 223 g/mol. The smallest absolute Gasteiger partial charge is 0.221 e. The molecule has 0 amide bonds. The van der Waals surface area contributed by atoms with Gasteiger partial charge in [0.2, 0.25) is 5.95 Å². The van der Waals surface area contributed by atoms with Gasteiger partial charge < -0.3 is 11.5 Å². The molecule has 1 aromatic heterocycles. The Labute approximate surface area is 96.9 Å². The maximum atomic E-state index is 5.80. The van der Waals surface area contributed by atoms with Crippen molar-refractivity contribution in [3.05, 3.63) is 11.8 Å². The Hall–Kier alpha value is -1.36. The highest BCUT2D eigenvalue weighted by molar-refractivity contribution is 5.41. The largest absolute Gasteiger partial charge is 0.383 e. The summed E-state index contributed by atoms with van der Waals surface area (Å²) in [6.45, 7) is 7.28. The Morgan fingerprint density at radius 1 is 1.19 bits per heavy atom. The van der Waals surface area contributed by atoms with Gasteiger partial charge in [0, 0.05) is 18.3 Å². The summed E-state index contributed by atoms with van der Waals surface area (Å²) in [4.78, 5) is 10.3. The van der Waals surface area contributed by atoms with Crippen molar-refractivity contribution in [2.45, 2.75) is 33.2 Å². The molecule has 0 aliphatic heterocycles. The minimum absolute atomic E-state index is 0.235. The van der Waals surface area contributed by atoms with E-state index in [2.05, 4.69) is 28.7 Å². The van der Waals surface area contributed by atoms with Crippen LogP contribution in [-0.2, 0) is 6.54 Å². The number of nitrogens with zero attached hydrogens (tertiary/aromatic N) is 3. The van der Waals surface area contributed by atoms with E-state index in [0.29, 0.717) is 5.82 Å². The summed E-state index contributed by atoms with van der Waals surface area (Å²) in [7, 11) is 0. The maximum Gasteiger partial charge on any atom is 0.221 e. The lowest BCUT2D eigenvalue weighted by Gasteiger charge is -2.21. The molecule has 0 aliphatic rings. The molecule has 0 unspecified atom stereocenters. The fourth-order valence-corrected chi connectivity index (χ4v) is 1.70. The molecular weight excluding hydrogens is 202 g/mol.